The second-order valence-corrected chi connectivity index (χ2v) is 6.20. The van der Waals surface area contributed by atoms with Crippen molar-refractivity contribution < 1.29 is 4.79 Å². The molecule has 0 saturated carbocycles. The standard InChI is InChI=1S/C15H23NOS/c1-5-16(6-2)15(17)11-13-7-9-14(10-8-13)18-12(3)4/h7-10,12H,5-6,11H2,1-4H3. The van der Waals surface area contributed by atoms with E-state index < -0.39 is 0 Å². The van der Waals surface area contributed by atoms with Gasteiger partial charge in [0.05, 0.1) is 6.42 Å². The minimum absolute atomic E-state index is 0.212. The summed E-state index contributed by atoms with van der Waals surface area (Å²) >= 11 is 1.85. The van der Waals surface area contributed by atoms with Crippen LogP contribution in [-0.2, 0) is 11.2 Å². The first-order valence-electron chi connectivity index (χ1n) is 6.60. The van der Waals surface area contributed by atoms with Crippen LogP contribution in [0.4, 0.5) is 0 Å². The highest BCUT2D eigenvalue weighted by Gasteiger charge is 2.10. The van der Waals surface area contributed by atoms with Crippen molar-refractivity contribution in [3.05, 3.63) is 29.8 Å². The number of thioether (sulfide) groups is 1. The number of likely N-dealkylation sites (N-methyl/N-ethyl adjacent to an activating group) is 1. The van der Waals surface area contributed by atoms with Crippen LogP contribution in [0.2, 0.25) is 0 Å². The normalized spacial score (nSPS) is 10.7. The molecule has 18 heavy (non-hydrogen) atoms. The van der Waals surface area contributed by atoms with Crippen LogP contribution in [0, 0.1) is 0 Å². The summed E-state index contributed by atoms with van der Waals surface area (Å²) in [7, 11) is 0. The zero-order valence-electron chi connectivity index (χ0n) is 11.8. The maximum absolute atomic E-state index is 12.0. The summed E-state index contributed by atoms with van der Waals surface area (Å²) in [5, 5.41) is 0.591. The first kappa shape index (κ1) is 15.1. The lowest BCUT2D eigenvalue weighted by Crippen LogP contribution is -2.31. The third kappa shape index (κ3) is 4.73. The van der Waals surface area contributed by atoms with E-state index in [0.717, 1.165) is 18.7 Å². The van der Waals surface area contributed by atoms with Gasteiger partial charge in [-0.15, -0.1) is 11.8 Å². The number of hydrogen-bond donors (Lipinski definition) is 0. The van der Waals surface area contributed by atoms with Gasteiger partial charge in [-0.3, -0.25) is 4.79 Å². The van der Waals surface area contributed by atoms with Gasteiger partial charge in [0.2, 0.25) is 5.91 Å². The zero-order chi connectivity index (χ0) is 13.5. The van der Waals surface area contributed by atoms with Crippen LogP contribution in [0.5, 0.6) is 0 Å². The largest absolute Gasteiger partial charge is 0.343 e. The molecule has 0 aliphatic carbocycles. The smallest absolute Gasteiger partial charge is 0.226 e. The monoisotopic (exact) mass is 265 g/mol. The number of carbonyl (C=O) groups is 1. The molecule has 0 N–H and O–H groups in total. The molecule has 0 atom stereocenters. The van der Waals surface area contributed by atoms with E-state index in [1.54, 1.807) is 0 Å². The Morgan fingerprint density at radius 2 is 1.72 bits per heavy atom. The fourth-order valence-electron chi connectivity index (χ4n) is 1.82. The molecule has 0 aromatic heterocycles. The highest BCUT2D eigenvalue weighted by molar-refractivity contribution is 7.99. The molecule has 100 valence electrons. The molecule has 0 fully saturated rings. The van der Waals surface area contributed by atoms with Crippen LogP contribution >= 0.6 is 11.8 Å². The van der Waals surface area contributed by atoms with Gasteiger partial charge in [0.15, 0.2) is 0 Å². The van der Waals surface area contributed by atoms with Crippen molar-refractivity contribution in [1.29, 1.82) is 0 Å². The molecular weight excluding hydrogens is 242 g/mol. The summed E-state index contributed by atoms with van der Waals surface area (Å²) in [6, 6.07) is 8.34. The van der Waals surface area contributed by atoms with Gasteiger partial charge in [0.1, 0.15) is 0 Å². The second-order valence-electron chi connectivity index (χ2n) is 4.55. The molecule has 1 rings (SSSR count). The number of rotatable bonds is 6. The molecule has 1 aromatic rings. The Hall–Kier alpha value is -0.960. The molecule has 0 aliphatic rings. The number of carbonyl (C=O) groups excluding carboxylic acids is 1. The third-order valence-electron chi connectivity index (χ3n) is 2.77. The molecule has 0 saturated heterocycles. The van der Waals surface area contributed by atoms with Gasteiger partial charge in [-0.1, -0.05) is 26.0 Å². The molecule has 0 unspecified atom stereocenters. The van der Waals surface area contributed by atoms with Crippen molar-refractivity contribution in [3.63, 3.8) is 0 Å². The van der Waals surface area contributed by atoms with Crippen LogP contribution in [0.25, 0.3) is 0 Å². The molecule has 0 aliphatic heterocycles. The number of hydrogen-bond acceptors (Lipinski definition) is 2. The van der Waals surface area contributed by atoms with Crippen molar-refractivity contribution in [2.75, 3.05) is 13.1 Å². The molecule has 1 aromatic carbocycles. The highest BCUT2D eigenvalue weighted by Crippen LogP contribution is 2.23. The first-order chi connectivity index (χ1) is 8.56. The Balaban J connectivity index is 2.60. The van der Waals surface area contributed by atoms with Crippen molar-refractivity contribution >= 4 is 17.7 Å². The second kappa shape index (κ2) is 7.47. The predicted octanol–water partition coefficient (Wildman–Crippen LogP) is 3.60. The fraction of sp³-hybridized carbons (Fsp3) is 0.533. The Kier molecular flexibility index (Phi) is 6.27. The number of benzene rings is 1. The van der Waals surface area contributed by atoms with Crippen molar-refractivity contribution in [1.82, 2.24) is 4.90 Å². The number of nitrogens with zero attached hydrogens (tertiary/aromatic N) is 1. The molecule has 2 nitrogen and oxygen atoms in total. The minimum atomic E-state index is 0.212. The minimum Gasteiger partial charge on any atom is -0.343 e. The fourth-order valence-corrected chi connectivity index (χ4v) is 2.66. The molecule has 1 amide bonds. The van der Waals surface area contributed by atoms with Gasteiger partial charge in [0, 0.05) is 23.2 Å². The Morgan fingerprint density at radius 1 is 1.17 bits per heavy atom. The summed E-state index contributed by atoms with van der Waals surface area (Å²) in [6.07, 6.45) is 0.508. The van der Waals surface area contributed by atoms with E-state index in [0.29, 0.717) is 11.7 Å². The quantitative estimate of drug-likeness (QED) is 0.733. The lowest BCUT2D eigenvalue weighted by Gasteiger charge is -2.18. The summed E-state index contributed by atoms with van der Waals surface area (Å²) in [5.41, 5.74) is 1.10. The number of amides is 1. The maximum atomic E-state index is 12.0. The Bertz CT molecular complexity index is 369. The first-order valence-corrected chi connectivity index (χ1v) is 7.48. The molecule has 0 bridgehead atoms. The summed E-state index contributed by atoms with van der Waals surface area (Å²) in [6.45, 7) is 9.98. The van der Waals surface area contributed by atoms with E-state index in [2.05, 4.69) is 38.1 Å². The molecule has 0 radical (unpaired) electrons. The van der Waals surface area contributed by atoms with Crippen molar-refractivity contribution in [3.8, 4) is 0 Å². The Morgan fingerprint density at radius 3 is 2.17 bits per heavy atom. The summed E-state index contributed by atoms with van der Waals surface area (Å²) in [5.74, 6) is 0.212. The van der Waals surface area contributed by atoms with Crippen LogP contribution in [-0.4, -0.2) is 29.1 Å². The third-order valence-corrected chi connectivity index (χ3v) is 3.78. The van der Waals surface area contributed by atoms with Gasteiger partial charge in [0.25, 0.3) is 0 Å². The van der Waals surface area contributed by atoms with E-state index in [1.807, 2.05) is 30.5 Å². The van der Waals surface area contributed by atoms with E-state index in [4.69, 9.17) is 0 Å². The average molecular weight is 265 g/mol. The molecular formula is C15H23NOS. The van der Waals surface area contributed by atoms with Crippen molar-refractivity contribution in [2.24, 2.45) is 0 Å². The van der Waals surface area contributed by atoms with Crippen molar-refractivity contribution in [2.45, 2.75) is 44.3 Å². The summed E-state index contributed by atoms with van der Waals surface area (Å²) < 4.78 is 0. The predicted molar refractivity (Wildman–Crippen MR) is 79.1 cm³/mol. The van der Waals surface area contributed by atoms with Crippen LogP contribution in [0.3, 0.4) is 0 Å². The van der Waals surface area contributed by atoms with E-state index in [9.17, 15) is 4.79 Å². The topological polar surface area (TPSA) is 20.3 Å². The molecule has 0 spiro atoms. The maximum Gasteiger partial charge on any atom is 0.226 e. The van der Waals surface area contributed by atoms with Gasteiger partial charge >= 0.3 is 0 Å². The van der Waals surface area contributed by atoms with E-state index in [-0.39, 0.29) is 5.91 Å². The zero-order valence-corrected chi connectivity index (χ0v) is 12.6. The van der Waals surface area contributed by atoms with Gasteiger partial charge in [-0.25, -0.2) is 0 Å². The molecule has 3 heteroatoms. The summed E-state index contributed by atoms with van der Waals surface area (Å²) in [4.78, 5) is 15.1. The molecule has 0 heterocycles. The van der Waals surface area contributed by atoms with Gasteiger partial charge < -0.3 is 4.90 Å². The lowest BCUT2D eigenvalue weighted by atomic mass is 10.1. The SMILES string of the molecule is CCN(CC)C(=O)Cc1ccc(SC(C)C)cc1. The van der Waals surface area contributed by atoms with Gasteiger partial charge in [-0.05, 0) is 31.5 Å². The van der Waals surface area contributed by atoms with Crippen LogP contribution in [0.15, 0.2) is 29.2 Å². The van der Waals surface area contributed by atoms with E-state index >= 15 is 0 Å². The van der Waals surface area contributed by atoms with E-state index in [1.165, 1.54) is 4.90 Å². The lowest BCUT2D eigenvalue weighted by molar-refractivity contribution is -0.130. The van der Waals surface area contributed by atoms with Crippen LogP contribution < -0.4 is 0 Å². The Labute approximate surface area is 115 Å². The average Bonchev–Trinajstić information content (AvgIpc) is 2.32. The highest BCUT2D eigenvalue weighted by atomic mass is 32.2. The van der Waals surface area contributed by atoms with Crippen LogP contribution in [0.1, 0.15) is 33.3 Å². The van der Waals surface area contributed by atoms with Gasteiger partial charge in [-0.2, -0.15) is 0 Å².